The van der Waals surface area contributed by atoms with Crippen molar-refractivity contribution in [2.75, 3.05) is 18.8 Å². The Morgan fingerprint density at radius 3 is 2.95 bits per heavy atom. The van der Waals surface area contributed by atoms with Gasteiger partial charge in [-0.1, -0.05) is 11.6 Å². The number of piperidine rings is 1. The van der Waals surface area contributed by atoms with E-state index in [1.54, 1.807) is 23.1 Å². The number of benzene rings is 1. The number of carbonyl (C=O) groups excluding carboxylic acids is 2. The molecule has 2 amide bonds. The molecular weight excluding hydrogens is 278 g/mol. The van der Waals surface area contributed by atoms with Gasteiger partial charge in [-0.2, -0.15) is 0 Å². The van der Waals surface area contributed by atoms with Crippen LogP contribution in [0, 0.1) is 5.92 Å². The lowest BCUT2D eigenvalue weighted by molar-refractivity contribution is -0.123. The fraction of sp³-hybridized carbons (Fsp3) is 0.429. The standard InChI is InChI=1S/C14H16ClN3O2/c15-9-4-8(5-10(16)6-9)14(20)18-3-1-2-11-12(18)7-17-13(11)19/h4-6,11-12H,1-3,7,16H2,(H,17,19). The third-order valence-electron chi connectivity index (χ3n) is 4.03. The van der Waals surface area contributed by atoms with Gasteiger partial charge in [0, 0.05) is 29.4 Å². The van der Waals surface area contributed by atoms with Crippen LogP contribution < -0.4 is 11.1 Å². The molecule has 2 aliphatic heterocycles. The number of nitrogen functional groups attached to an aromatic ring is 1. The van der Waals surface area contributed by atoms with Crippen LogP contribution in [0.15, 0.2) is 18.2 Å². The summed E-state index contributed by atoms with van der Waals surface area (Å²) in [7, 11) is 0. The maximum Gasteiger partial charge on any atom is 0.254 e. The second kappa shape index (κ2) is 4.98. The zero-order valence-electron chi connectivity index (χ0n) is 10.9. The van der Waals surface area contributed by atoms with Gasteiger partial charge in [-0.25, -0.2) is 0 Å². The number of likely N-dealkylation sites (tertiary alicyclic amines) is 1. The molecule has 6 heteroatoms. The van der Waals surface area contributed by atoms with E-state index in [0.717, 1.165) is 12.8 Å². The Morgan fingerprint density at radius 1 is 1.40 bits per heavy atom. The van der Waals surface area contributed by atoms with Gasteiger partial charge in [-0.3, -0.25) is 9.59 Å². The van der Waals surface area contributed by atoms with E-state index in [4.69, 9.17) is 17.3 Å². The Bertz CT molecular complexity index is 555. The molecule has 2 atom stereocenters. The van der Waals surface area contributed by atoms with Crippen LogP contribution in [-0.4, -0.2) is 35.8 Å². The van der Waals surface area contributed by atoms with E-state index in [9.17, 15) is 9.59 Å². The maximum absolute atomic E-state index is 12.6. The largest absolute Gasteiger partial charge is 0.399 e. The van der Waals surface area contributed by atoms with Gasteiger partial charge in [0.05, 0.1) is 12.0 Å². The number of nitrogens with zero attached hydrogens (tertiary/aromatic N) is 1. The third-order valence-corrected chi connectivity index (χ3v) is 4.25. The van der Waals surface area contributed by atoms with E-state index < -0.39 is 0 Å². The quantitative estimate of drug-likeness (QED) is 0.766. The lowest BCUT2D eigenvalue weighted by atomic mass is 9.91. The Hall–Kier alpha value is -1.75. The highest BCUT2D eigenvalue weighted by Gasteiger charge is 2.42. The highest BCUT2D eigenvalue weighted by molar-refractivity contribution is 6.31. The third kappa shape index (κ3) is 2.22. The molecular formula is C14H16ClN3O2. The number of nitrogens with two attached hydrogens (primary N) is 1. The number of carbonyl (C=O) groups is 2. The highest BCUT2D eigenvalue weighted by Crippen LogP contribution is 2.29. The summed E-state index contributed by atoms with van der Waals surface area (Å²) in [5, 5.41) is 3.28. The molecule has 2 fully saturated rings. The SMILES string of the molecule is Nc1cc(Cl)cc(C(=O)N2CCCC3C(=O)NCC32)c1. The molecule has 106 valence electrons. The van der Waals surface area contributed by atoms with E-state index in [0.29, 0.717) is 29.4 Å². The van der Waals surface area contributed by atoms with E-state index in [1.165, 1.54) is 0 Å². The van der Waals surface area contributed by atoms with Crippen molar-refractivity contribution in [3.05, 3.63) is 28.8 Å². The average Bonchev–Trinajstić information content (AvgIpc) is 2.79. The van der Waals surface area contributed by atoms with Crippen LogP contribution in [0.4, 0.5) is 5.69 Å². The van der Waals surface area contributed by atoms with Crippen molar-refractivity contribution in [2.24, 2.45) is 5.92 Å². The number of halogens is 1. The summed E-state index contributed by atoms with van der Waals surface area (Å²) in [6, 6.07) is 4.80. The summed E-state index contributed by atoms with van der Waals surface area (Å²) < 4.78 is 0. The van der Waals surface area contributed by atoms with Crippen LogP contribution in [0.1, 0.15) is 23.2 Å². The van der Waals surface area contributed by atoms with Crippen molar-refractivity contribution < 1.29 is 9.59 Å². The zero-order valence-corrected chi connectivity index (χ0v) is 11.7. The number of rotatable bonds is 1. The summed E-state index contributed by atoms with van der Waals surface area (Å²) >= 11 is 5.95. The number of fused-ring (bicyclic) bond motifs is 1. The van der Waals surface area contributed by atoms with Crippen molar-refractivity contribution in [3.8, 4) is 0 Å². The van der Waals surface area contributed by atoms with Gasteiger partial charge in [-0.05, 0) is 31.0 Å². The molecule has 0 spiro atoms. The predicted molar refractivity (Wildman–Crippen MR) is 76.4 cm³/mol. The van der Waals surface area contributed by atoms with Crippen molar-refractivity contribution in [1.82, 2.24) is 10.2 Å². The van der Waals surface area contributed by atoms with E-state index >= 15 is 0 Å². The van der Waals surface area contributed by atoms with Gasteiger partial charge in [-0.15, -0.1) is 0 Å². The molecule has 0 aliphatic carbocycles. The summed E-state index contributed by atoms with van der Waals surface area (Å²) in [5.74, 6) is -0.132. The predicted octanol–water partition coefficient (Wildman–Crippen LogP) is 1.27. The molecule has 2 aliphatic rings. The summed E-state index contributed by atoms with van der Waals surface area (Å²) in [4.78, 5) is 26.1. The van der Waals surface area contributed by atoms with Gasteiger partial charge in [0.15, 0.2) is 0 Å². The lowest BCUT2D eigenvalue weighted by Gasteiger charge is -2.36. The van der Waals surface area contributed by atoms with Crippen molar-refractivity contribution in [2.45, 2.75) is 18.9 Å². The number of hydrogen-bond donors (Lipinski definition) is 2. The minimum atomic E-state index is -0.106. The van der Waals surface area contributed by atoms with Crippen LogP contribution in [-0.2, 0) is 4.79 Å². The second-order valence-corrected chi connectivity index (χ2v) is 5.77. The Labute approximate surface area is 122 Å². The van der Waals surface area contributed by atoms with Gasteiger partial charge in [0.1, 0.15) is 0 Å². The molecule has 0 radical (unpaired) electrons. The zero-order chi connectivity index (χ0) is 14.3. The van der Waals surface area contributed by atoms with Crippen LogP contribution in [0.3, 0.4) is 0 Å². The normalized spacial score (nSPS) is 25.2. The van der Waals surface area contributed by atoms with Crippen LogP contribution in [0.5, 0.6) is 0 Å². The Kier molecular flexibility index (Phi) is 3.30. The number of nitrogens with one attached hydrogen (secondary N) is 1. The van der Waals surface area contributed by atoms with Crippen molar-refractivity contribution in [1.29, 1.82) is 0 Å². The van der Waals surface area contributed by atoms with Gasteiger partial charge < -0.3 is 16.0 Å². The summed E-state index contributed by atoms with van der Waals surface area (Å²) in [6.45, 7) is 1.20. The molecule has 0 bridgehead atoms. The maximum atomic E-state index is 12.6. The summed E-state index contributed by atoms with van der Waals surface area (Å²) in [6.07, 6.45) is 1.69. The lowest BCUT2D eigenvalue weighted by Crippen LogP contribution is -2.48. The highest BCUT2D eigenvalue weighted by atomic mass is 35.5. The van der Waals surface area contributed by atoms with Crippen LogP contribution >= 0.6 is 11.6 Å². The van der Waals surface area contributed by atoms with Crippen molar-refractivity contribution in [3.63, 3.8) is 0 Å². The minimum absolute atomic E-state index is 0.0519. The number of amides is 2. The number of hydrogen-bond acceptors (Lipinski definition) is 3. The van der Waals surface area contributed by atoms with Gasteiger partial charge >= 0.3 is 0 Å². The van der Waals surface area contributed by atoms with E-state index in [1.807, 2.05) is 0 Å². The van der Waals surface area contributed by atoms with Crippen LogP contribution in [0.25, 0.3) is 0 Å². The van der Waals surface area contributed by atoms with E-state index in [-0.39, 0.29) is 23.8 Å². The first kappa shape index (κ1) is 13.2. The fourth-order valence-electron chi connectivity index (χ4n) is 3.11. The van der Waals surface area contributed by atoms with Crippen LogP contribution in [0.2, 0.25) is 5.02 Å². The fourth-order valence-corrected chi connectivity index (χ4v) is 3.35. The molecule has 0 saturated carbocycles. The molecule has 3 N–H and O–H groups in total. The first-order valence-electron chi connectivity index (χ1n) is 6.71. The topological polar surface area (TPSA) is 75.4 Å². The summed E-state index contributed by atoms with van der Waals surface area (Å²) in [5.41, 5.74) is 6.68. The monoisotopic (exact) mass is 293 g/mol. The Balaban J connectivity index is 1.88. The first-order valence-corrected chi connectivity index (χ1v) is 7.09. The first-order chi connectivity index (χ1) is 9.56. The van der Waals surface area contributed by atoms with Gasteiger partial charge in [0.25, 0.3) is 5.91 Å². The second-order valence-electron chi connectivity index (χ2n) is 5.33. The molecule has 1 aromatic rings. The van der Waals surface area contributed by atoms with Gasteiger partial charge in [0.2, 0.25) is 5.91 Å². The number of anilines is 1. The smallest absolute Gasteiger partial charge is 0.254 e. The van der Waals surface area contributed by atoms with Crippen molar-refractivity contribution >= 4 is 29.1 Å². The molecule has 3 rings (SSSR count). The average molecular weight is 294 g/mol. The molecule has 2 heterocycles. The minimum Gasteiger partial charge on any atom is -0.399 e. The Morgan fingerprint density at radius 2 is 2.20 bits per heavy atom. The molecule has 2 unspecified atom stereocenters. The molecule has 0 aromatic heterocycles. The van der Waals surface area contributed by atoms with E-state index in [2.05, 4.69) is 5.32 Å². The molecule has 20 heavy (non-hydrogen) atoms. The molecule has 1 aromatic carbocycles. The molecule has 2 saturated heterocycles. The molecule has 5 nitrogen and oxygen atoms in total.